The van der Waals surface area contributed by atoms with Gasteiger partial charge in [0.05, 0.1) is 41.4 Å². The molecule has 1 aromatic heterocycles. The van der Waals surface area contributed by atoms with Crippen LogP contribution in [-0.4, -0.2) is 44.6 Å². The van der Waals surface area contributed by atoms with Crippen molar-refractivity contribution in [1.82, 2.24) is 4.57 Å². The summed E-state index contributed by atoms with van der Waals surface area (Å²) in [4.78, 5) is 0. The zero-order valence-corrected chi connectivity index (χ0v) is 21.2. The maximum Gasteiger partial charge on any atom is 0.235 e. The standard InChI is InChI=1S/C28H31N3O4S/c29-19-26-25-11-10-24(35-23-12-15-34-16-13-23)18-27(25)31(22-4-3-5-22)28(26)20-6-8-21(9-7-20)30-14-1-2-17-36(30,32)33/h6-11,18,22-23H,1-5,12-17H2. The first kappa shape index (κ1) is 23.4. The Bertz CT molecular complexity index is 1410. The van der Waals surface area contributed by atoms with Crippen molar-refractivity contribution in [2.24, 2.45) is 0 Å². The Morgan fingerprint density at radius 3 is 2.42 bits per heavy atom. The van der Waals surface area contributed by atoms with Gasteiger partial charge in [-0.15, -0.1) is 0 Å². The SMILES string of the molecule is N#Cc1c(-c2ccc(N3CCCCS3(=O)=O)cc2)n(C2CCC2)c2cc(OC3CCOCC3)ccc12. The van der Waals surface area contributed by atoms with E-state index in [9.17, 15) is 13.7 Å². The van der Waals surface area contributed by atoms with Gasteiger partial charge in [-0.2, -0.15) is 5.26 Å². The van der Waals surface area contributed by atoms with E-state index in [-0.39, 0.29) is 11.9 Å². The first-order chi connectivity index (χ1) is 17.5. The molecule has 0 amide bonds. The van der Waals surface area contributed by atoms with Gasteiger partial charge >= 0.3 is 0 Å². The molecular formula is C28H31N3O4S. The third kappa shape index (κ3) is 4.14. The number of hydrogen-bond acceptors (Lipinski definition) is 5. The van der Waals surface area contributed by atoms with Crippen molar-refractivity contribution < 1.29 is 17.9 Å². The van der Waals surface area contributed by atoms with Crippen LogP contribution >= 0.6 is 0 Å². The van der Waals surface area contributed by atoms with Gasteiger partial charge in [-0.3, -0.25) is 4.31 Å². The van der Waals surface area contributed by atoms with Crippen LogP contribution in [0, 0.1) is 11.3 Å². The Labute approximate surface area is 212 Å². The van der Waals surface area contributed by atoms with Crippen molar-refractivity contribution >= 4 is 26.6 Å². The molecule has 2 saturated heterocycles. The van der Waals surface area contributed by atoms with E-state index in [0.29, 0.717) is 30.3 Å². The Morgan fingerprint density at radius 1 is 0.972 bits per heavy atom. The molecule has 3 heterocycles. The number of hydrogen-bond donors (Lipinski definition) is 0. The van der Waals surface area contributed by atoms with E-state index in [1.54, 1.807) is 0 Å². The van der Waals surface area contributed by atoms with Crippen LogP contribution in [0.3, 0.4) is 0 Å². The van der Waals surface area contributed by atoms with E-state index in [2.05, 4.69) is 16.7 Å². The first-order valence-corrected chi connectivity index (χ1v) is 14.6. The molecule has 3 fully saturated rings. The third-order valence-electron chi connectivity index (χ3n) is 7.78. The lowest BCUT2D eigenvalue weighted by Crippen LogP contribution is -2.37. The molecule has 0 unspecified atom stereocenters. The van der Waals surface area contributed by atoms with E-state index in [0.717, 1.165) is 73.2 Å². The monoisotopic (exact) mass is 505 g/mol. The molecule has 3 aromatic rings. The summed E-state index contributed by atoms with van der Waals surface area (Å²) in [5, 5.41) is 11.2. The van der Waals surface area contributed by atoms with Crippen LogP contribution in [0.25, 0.3) is 22.2 Å². The summed E-state index contributed by atoms with van der Waals surface area (Å²) in [6.45, 7) is 1.97. The minimum Gasteiger partial charge on any atom is -0.490 e. The van der Waals surface area contributed by atoms with Gasteiger partial charge in [-0.1, -0.05) is 12.1 Å². The molecule has 0 N–H and O–H groups in total. The van der Waals surface area contributed by atoms with Crippen LogP contribution in [-0.2, 0) is 14.8 Å². The predicted octanol–water partition coefficient (Wildman–Crippen LogP) is 5.39. The number of nitrogens with zero attached hydrogens (tertiary/aromatic N) is 3. The number of fused-ring (bicyclic) bond motifs is 1. The van der Waals surface area contributed by atoms with Gasteiger partial charge < -0.3 is 14.0 Å². The minimum atomic E-state index is -3.27. The quantitative estimate of drug-likeness (QED) is 0.464. The Kier molecular flexibility index (Phi) is 6.14. The van der Waals surface area contributed by atoms with Crippen molar-refractivity contribution in [3.8, 4) is 23.1 Å². The van der Waals surface area contributed by atoms with Crippen molar-refractivity contribution in [3.63, 3.8) is 0 Å². The van der Waals surface area contributed by atoms with Gasteiger partial charge in [0.15, 0.2) is 0 Å². The Morgan fingerprint density at radius 2 is 1.75 bits per heavy atom. The fraction of sp³-hybridized carbons (Fsp3) is 0.464. The predicted molar refractivity (Wildman–Crippen MR) is 140 cm³/mol. The van der Waals surface area contributed by atoms with Gasteiger partial charge in [0.1, 0.15) is 17.9 Å². The molecule has 8 heteroatoms. The fourth-order valence-corrected chi connectivity index (χ4v) is 7.27. The molecule has 0 spiro atoms. The maximum absolute atomic E-state index is 12.6. The summed E-state index contributed by atoms with van der Waals surface area (Å²) in [6.07, 6.45) is 6.84. The molecule has 1 aliphatic carbocycles. The van der Waals surface area contributed by atoms with Crippen molar-refractivity contribution in [3.05, 3.63) is 48.0 Å². The van der Waals surface area contributed by atoms with E-state index < -0.39 is 10.0 Å². The fourth-order valence-electron chi connectivity index (χ4n) is 5.64. The number of anilines is 1. The van der Waals surface area contributed by atoms with Gasteiger partial charge in [0, 0.05) is 36.9 Å². The molecular weight excluding hydrogens is 474 g/mol. The first-order valence-electron chi connectivity index (χ1n) is 13.0. The summed E-state index contributed by atoms with van der Waals surface area (Å²) in [7, 11) is -3.27. The molecule has 36 heavy (non-hydrogen) atoms. The second-order valence-electron chi connectivity index (χ2n) is 10.0. The van der Waals surface area contributed by atoms with Gasteiger partial charge in [0.25, 0.3) is 0 Å². The smallest absolute Gasteiger partial charge is 0.235 e. The number of ether oxygens (including phenoxy) is 2. The molecule has 0 atom stereocenters. The van der Waals surface area contributed by atoms with E-state index in [1.165, 1.54) is 10.7 Å². The van der Waals surface area contributed by atoms with Crippen LogP contribution < -0.4 is 9.04 Å². The normalized spacial score (nSPS) is 20.7. The second kappa shape index (κ2) is 9.45. The highest BCUT2D eigenvalue weighted by Crippen LogP contribution is 2.43. The average molecular weight is 506 g/mol. The topological polar surface area (TPSA) is 84.6 Å². The van der Waals surface area contributed by atoms with Crippen LogP contribution in [0.2, 0.25) is 0 Å². The minimum absolute atomic E-state index is 0.150. The largest absolute Gasteiger partial charge is 0.490 e. The highest BCUT2D eigenvalue weighted by Gasteiger charge is 2.29. The molecule has 2 aliphatic heterocycles. The second-order valence-corrected chi connectivity index (χ2v) is 12.1. The lowest BCUT2D eigenvalue weighted by atomic mass is 9.92. The van der Waals surface area contributed by atoms with E-state index in [4.69, 9.17) is 9.47 Å². The van der Waals surface area contributed by atoms with E-state index >= 15 is 0 Å². The molecule has 3 aliphatic rings. The number of nitriles is 1. The molecule has 0 bridgehead atoms. The molecule has 6 rings (SSSR count). The Balaban J connectivity index is 1.42. The maximum atomic E-state index is 12.6. The summed E-state index contributed by atoms with van der Waals surface area (Å²) in [5.41, 5.74) is 4.22. The summed E-state index contributed by atoms with van der Waals surface area (Å²) < 4.78 is 40.8. The van der Waals surface area contributed by atoms with Gasteiger partial charge in [0.2, 0.25) is 10.0 Å². The van der Waals surface area contributed by atoms with Crippen molar-refractivity contribution in [2.45, 2.75) is 57.1 Å². The van der Waals surface area contributed by atoms with Crippen LogP contribution in [0.4, 0.5) is 5.69 Å². The zero-order valence-electron chi connectivity index (χ0n) is 20.4. The Hall–Kier alpha value is -3.02. The zero-order chi connectivity index (χ0) is 24.7. The summed E-state index contributed by atoms with van der Waals surface area (Å²) in [6, 6.07) is 16.5. The summed E-state index contributed by atoms with van der Waals surface area (Å²) in [5.74, 6) is 1.02. The molecule has 7 nitrogen and oxygen atoms in total. The van der Waals surface area contributed by atoms with Crippen molar-refractivity contribution in [1.29, 1.82) is 5.26 Å². The third-order valence-corrected chi connectivity index (χ3v) is 9.65. The number of benzene rings is 2. The van der Waals surface area contributed by atoms with Crippen LogP contribution in [0.5, 0.6) is 5.75 Å². The van der Waals surface area contributed by atoms with Gasteiger partial charge in [-0.25, -0.2) is 8.42 Å². The van der Waals surface area contributed by atoms with Crippen LogP contribution in [0.15, 0.2) is 42.5 Å². The highest BCUT2D eigenvalue weighted by molar-refractivity contribution is 7.92. The number of rotatable bonds is 5. The van der Waals surface area contributed by atoms with Crippen molar-refractivity contribution in [2.75, 3.05) is 29.8 Å². The molecule has 2 aromatic carbocycles. The molecule has 1 saturated carbocycles. The summed E-state index contributed by atoms with van der Waals surface area (Å²) >= 11 is 0. The van der Waals surface area contributed by atoms with E-state index in [1.807, 2.05) is 36.4 Å². The molecule has 0 radical (unpaired) electrons. The van der Waals surface area contributed by atoms with Gasteiger partial charge in [-0.05, 0) is 61.9 Å². The number of aromatic nitrogens is 1. The average Bonchev–Trinajstić information content (AvgIpc) is 3.17. The lowest BCUT2D eigenvalue weighted by molar-refractivity contribution is 0.0256. The lowest BCUT2D eigenvalue weighted by Gasteiger charge is -2.31. The number of sulfonamides is 1. The molecule has 188 valence electrons. The highest BCUT2D eigenvalue weighted by atomic mass is 32.2. The van der Waals surface area contributed by atoms with Crippen LogP contribution in [0.1, 0.15) is 56.6 Å².